The predicted molar refractivity (Wildman–Crippen MR) is 97.7 cm³/mol. The highest BCUT2D eigenvalue weighted by Crippen LogP contribution is 2.44. The quantitative estimate of drug-likeness (QED) is 0.841. The van der Waals surface area contributed by atoms with Crippen LogP contribution in [0.1, 0.15) is 30.6 Å². The summed E-state index contributed by atoms with van der Waals surface area (Å²) in [5.41, 5.74) is 1.12. The van der Waals surface area contributed by atoms with Gasteiger partial charge in [-0.05, 0) is 31.2 Å². The smallest absolute Gasteiger partial charge is 0.236 e. The molecule has 2 fully saturated rings. The minimum Gasteiger partial charge on any atom is -0.342 e. The summed E-state index contributed by atoms with van der Waals surface area (Å²) in [5.74, 6) is 1.94. The Hall–Kier alpha value is -2.21. The molecular weight excluding hydrogens is 328 g/mol. The number of aromatic nitrogens is 2. The number of amides is 1. The van der Waals surface area contributed by atoms with Crippen LogP contribution in [-0.4, -0.2) is 58.6 Å². The minimum absolute atomic E-state index is 0.127. The largest absolute Gasteiger partial charge is 0.342 e. The molecule has 138 valence electrons. The summed E-state index contributed by atoms with van der Waals surface area (Å²) in [5, 5.41) is 4.03. The van der Waals surface area contributed by atoms with E-state index in [4.69, 9.17) is 4.52 Å². The van der Waals surface area contributed by atoms with Gasteiger partial charge in [0.15, 0.2) is 5.82 Å². The first-order chi connectivity index (χ1) is 12.6. The molecule has 0 radical (unpaired) electrons. The number of piperidine rings is 1. The van der Waals surface area contributed by atoms with Crippen molar-refractivity contribution < 1.29 is 9.32 Å². The van der Waals surface area contributed by atoms with E-state index in [9.17, 15) is 4.79 Å². The molecule has 0 bridgehead atoms. The van der Waals surface area contributed by atoms with Gasteiger partial charge in [-0.2, -0.15) is 4.98 Å². The highest BCUT2D eigenvalue weighted by Gasteiger charge is 2.54. The molecular formula is C20H26N4O2. The van der Waals surface area contributed by atoms with Crippen LogP contribution in [0, 0.1) is 12.8 Å². The van der Waals surface area contributed by atoms with Crippen molar-refractivity contribution in [2.24, 2.45) is 5.92 Å². The summed E-state index contributed by atoms with van der Waals surface area (Å²) < 4.78 is 5.62. The monoisotopic (exact) mass is 354 g/mol. The first kappa shape index (κ1) is 17.2. The van der Waals surface area contributed by atoms with E-state index in [1.807, 2.05) is 11.8 Å². The third kappa shape index (κ3) is 3.14. The van der Waals surface area contributed by atoms with Gasteiger partial charge in [0.2, 0.25) is 11.8 Å². The first-order valence-electron chi connectivity index (χ1n) is 9.39. The van der Waals surface area contributed by atoms with Crippen molar-refractivity contribution in [1.29, 1.82) is 0 Å². The normalized spacial score (nSPS) is 26.1. The average molecular weight is 354 g/mol. The van der Waals surface area contributed by atoms with E-state index in [-0.39, 0.29) is 11.3 Å². The molecule has 2 aliphatic rings. The van der Waals surface area contributed by atoms with Crippen molar-refractivity contribution in [3.8, 4) is 0 Å². The Morgan fingerprint density at radius 2 is 2.12 bits per heavy atom. The molecule has 6 nitrogen and oxygen atoms in total. The van der Waals surface area contributed by atoms with Gasteiger partial charge in [0, 0.05) is 39.6 Å². The van der Waals surface area contributed by atoms with Gasteiger partial charge >= 0.3 is 0 Å². The number of likely N-dealkylation sites (tertiary alicyclic amines) is 2. The minimum atomic E-state index is -0.234. The Morgan fingerprint density at radius 3 is 2.81 bits per heavy atom. The van der Waals surface area contributed by atoms with Crippen LogP contribution in [0.15, 0.2) is 34.9 Å². The molecule has 0 aliphatic carbocycles. The molecule has 1 aromatic carbocycles. The van der Waals surface area contributed by atoms with Crippen molar-refractivity contribution in [1.82, 2.24) is 19.9 Å². The first-order valence-corrected chi connectivity index (χ1v) is 9.39. The van der Waals surface area contributed by atoms with Gasteiger partial charge in [0.05, 0.1) is 5.41 Å². The summed E-state index contributed by atoms with van der Waals surface area (Å²) in [4.78, 5) is 21.0. The molecule has 0 saturated carbocycles. The molecule has 3 heterocycles. The topological polar surface area (TPSA) is 62.5 Å². The van der Waals surface area contributed by atoms with Gasteiger partial charge in [-0.15, -0.1) is 0 Å². The van der Waals surface area contributed by atoms with Crippen molar-refractivity contribution >= 4 is 5.91 Å². The molecule has 4 rings (SSSR count). The van der Waals surface area contributed by atoms with Gasteiger partial charge in [0.25, 0.3) is 0 Å². The van der Waals surface area contributed by atoms with Crippen LogP contribution < -0.4 is 0 Å². The number of carbonyl (C=O) groups excluding carboxylic acids is 1. The maximum absolute atomic E-state index is 12.0. The molecule has 1 amide bonds. The Kier molecular flexibility index (Phi) is 4.53. The Morgan fingerprint density at radius 1 is 1.31 bits per heavy atom. The van der Waals surface area contributed by atoms with E-state index < -0.39 is 0 Å². The summed E-state index contributed by atoms with van der Waals surface area (Å²) in [6.45, 7) is 7.91. The molecule has 2 atom stereocenters. The van der Waals surface area contributed by atoms with Crippen molar-refractivity contribution in [2.45, 2.75) is 32.1 Å². The number of nitrogens with zero attached hydrogens (tertiary/aromatic N) is 4. The lowest BCUT2D eigenvalue weighted by Crippen LogP contribution is -2.53. The van der Waals surface area contributed by atoms with Crippen molar-refractivity contribution in [3.63, 3.8) is 0 Å². The van der Waals surface area contributed by atoms with E-state index in [1.54, 1.807) is 6.92 Å². The zero-order valence-corrected chi connectivity index (χ0v) is 15.5. The number of benzene rings is 1. The van der Waals surface area contributed by atoms with Gasteiger partial charge in [-0.1, -0.05) is 35.5 Å². The molecule has 0 unspecified atom stereocenters. The van der Waals surface area contributed by atoms with Crippen LogP contribution in [0.3, 0.4) is 0 Å². The van der Waals surface area contributed by atoms with Crippen LogP contribution in [0.25, 0.3) is 0 Å². The number of fused-ring (bicyclic) bond motifs is 1. The molecule has 0 N–H and O–H groups in total. The second-order valence-corrected chi connectivity index (χ2v) is 7.70. The summed E-state index contributed by atoms with van der Waals surface area (Å²) in [7, 11) is 0. The van der Waals surface area contributed by atoms with E-state index in [0.717, 1.165) is 39.0 Å². The average Bonchev–Trinajstić information content (AvgIpc) is 3.24. The zero-order chi connectivity index (χ0) is 18.1. The van der Waals surface area contributed by atoms with Crippen molar-refractivity contribution in [3.05, 3.63) is 47.6 Å². The fraction of sp³-hybridized carbons (Fsp3) is 0.550. The summed E-state index contributed by atoms with van der Waals surface area (Å²) >= 11 is 0. The number of aryl methyl sites for hydroxylation is 1. The van der Waals surface area contributed by atoms with Gasteiger partial charge in [-0.3, -0.25) is 4.79 Å². The number of rotatable bonds is 4. The van der Waals surface area contributed by atoms with Crippen LogP contribution in [-0.2, 0) is 16.6 Å². The highest BCUT2D eigenvalue weighted by molar-refractivity contribution is 5.73. The second kappa shape index (κ2) is 6.83. The van der Waals surface area contributed by atoms with E-state index in [2.05, 4.69) is 45.4 Å². The Labute approximate surface area is 154 Å². The molecule has 6 heteroatoms. The fourth-order valence-corrected chi connectivity index (χ4v) is 4.54. The van der Waals surface area contributed by atoms with E-state index >= 15 is 0 Å². The standard InChI is InChI=1S/C20H26N4O2/c1-15-21-19(26-22-15)20-13-23(10-8-17-6-4-3-5-7-17)12-18(20)9-11-24(14-20)16(2)25/h3-7,18H,8-14H2,1-2H3/t18-,20+/m0/s1. The Bertz CT molecular complexity index is 775. The fourth-order valence-electron chi connectivity index (χ4n) is 4.54. The number of hydrogen-bond donors (Lipinski definition) is 0. The van der Waals surface area contributed by atoms with Crippen molar-refractivity contribution in [2.75, 3.05) is 32.7 Å². The van der Waals surface area contributed by atoms with Crippen LogP contribution >= 0.6 is 0 Å². The third-order valence-electron chi connectivity index (χ3n) is 5.94. The molecule has 2 aromatic rings. The lowest BCUT2D eigenvalue weighted by Gasteiger charge is -2.41. The zero-order valence-electron chi connectivity index (χ0n) is 15.5. The summed E-state index contributed by atoms with van der Waals surface area (Å²) in [6, 6.07) is 10.6. The van der Waals surface area contributed by atoms with Gasteiger partial charge < -0.3 is 14.3 Å². The molecule has 1 aromatic heterocycles. The lowest BCUT2D eigenvalue weighted by molar-refractivity contribution is -0.131. The van der Waals surface area contributed by atoms with Gasteiger partial charge in [0.1, 0.15) is 0 Å². The second-order valence-electron chi connectivity index (χ2n) is 7.70. The maximum Gasteiger partial charge on any atom is 0.236 e. The summed E-state index contributed by atoms with van der Waals surface area (Å²) in [6.07, 6.45) is 2.02. The van der Waals surface area contributed by atoms with Crippen LogP contribution in [0.2, 0.25) is 0 Å². The molecule has 2 aliphatic heterocycles. The molecule has 26 heavy (non-hydrogen) atoms. The maximum atomic E-state index is 12.0. The SMILES string of the molecule is CC(=O)N1CC[C@H]2CN(CCc3ccccc3)C[C@@]2(c2nc(C)no2)C1. The van der Waals surface area contributed by atoms with E-state index in [1.165, 1.54) is 5.56 Å². The van der Waals surface area contributed by atoms with Gasteiger partial charge in [-0.25, -0.2) is 0 Å². The molecule has 2 saturated heterocycles. The number of carbonyl (C=O) groups is 1. The number of hydrogen-bond acceptors (Lipinski definition) is 5. The molecule has 0 spiro atoms. The predicted octanol–water partition coefficient (Wildman–Crippen LogP) is 2.04. The highest BCUT2D eigenvalue weighted by atomic mass is 16.5. The van der Waals surface area contributed by atoms with E-state index in [0.29, 0.717) is 24.2 Å². The lowest BCUT2D eigenvalue weighted by atomic mass is 9.73. The van der Waals surface area contributed by atoms with Crippen LogP contribution in [0.5, 0.6) is 0 Å². The Balaban J connectivity index is 1.55. The third-order valence-corrected chi connectivity index (χ3v) is 5.94. The van der Waals surface area contributed by atoms with Crippen LogP contribution in [0.4, 0.5) is 0 Å².